The van der Waals surface area contributed by atoms with Crippen LogP contribution in [0.2, 0.25) is 0 Å². The zero-order valence-electron chi connectivity index (χ0n) is 39.8. The standard InChI is InChI=1S/C52H62N8O9S/c1-33-5-3-4-6-39(33)45-31-68-24-22-58(45)37-28-52(29-37)17-20-57(21-18-52)36-7-9-40(42(26-36)59-44-25-35-13-19-53-48(35)55-50(44)69-47-14-23-67-32-46(47)59)49(61)56-70(65,66)38-8-10-41(43(27-38)60(63)64)54-30-34-11-15-51(2,62)16-12-34/h3-10,13,19,25-27,34,37,45-47,54,62H,11-12,14-18,20-24,28-32H2,1-2H3,(H,53,55)(H,56,61)/t34-,45-,46-,47-,51-/m1/s1. The Bertz CT molecular complexity index is 2900. The highest BCUT2D eigenvalue weighted by molar-refractivity contribution is 7.90. The fourth-order valence-electron chi connectivity index (χ4n) is 12.1. The highest BCUT2D eigenvalue weighted by Gasteiger charge is 2.50. The van der Waals surface area contributed by atoms with Crippen molar-refractivity contribution in [2.24, 2.45) is 11.3 Å². The van der Waals surface area contributed by atoms with Gasteiger partial charge in [0.15, 0.2) is 0 Å². The first-order chi connectivity index (χ1) is 33.7. The number of piperidine rings is 1. The number of fused-ring (bicyclic) bond motifs is 3. The molecule has 3 saturated heterocycles. The van der Waals surface area contributed by atoms with Gasteiger partial charge < -0.3 is 39.4 Å². The van der Waals surface area contributed by atoms with Crippen LogP contribution in [0.4, 0.5) is 28.4 Å². The molecule has 3 aromatic carbocycles. The fourth-order valence-corrected chi connectivity index (χ4v) is 13.1. The van der Waals surface area contributed by atoms with E-state index in [-0.39, 0.29) is 40.8 Å². The number of benzene rings is 3. The lowest BCUT2D eigenvalue weighted by Gasteiger charge is -2.57. The minimum Gasteiger partial charge on any atom is -0.470 e. The quantitative estimate of drug-likeness (QED) is 0.0738. The summed E-state index contributed by atoms with van der Waals surface area (Å²) in [5.74, 6) is -0.298. The maximum absolute atomic E-state index is 14.7. The molecule has 3 atom stereocenters. The topological polar surface area (TPSA) is 205 Å². The van der Waals surface area contributed by atoms with Crippen LogP contribution in [0.1, 0.15) is 92.2 Å². The van der Waals surface area contributed by atoms with Gasteiger partial charge in [0.2, 0.25) is 5.88 Å². The van der Waals surface area contributed by atoms with Crippen molar-refractivity contribution in [2.75, 3.05) is 67.7 Å². The lowest BCUT2D eigenvalue weighted by molar-refractivity contribution is -0.384. The summed E-state index contributed by atoms with van der Waals surface area (Å²) in [5.41, 5.74) is 4.68. The molecule has 70 heavy (non-hydrogen) atoms. The number of sulfonamides is 1. The van der Waals surface area contributed by atoms with Gasteiger partial charge in [-0.05, 0) is 130 Å². The Morgan fingerprint density at radius 2 is 1.73 bits per heavy atom. The van der Waals surface area contributed by atoms with E-state index >= 15 is 0 Å². The number of hydrogen-bond acceptors (Lipinski definition) is 14. The van der Waals surface area contributed by atoms with Gasteiger partial charge in [-0.15, -0.1) is 0 Å². The van der Waals surface area contributed by atoms with Crippen molar-refractivity contribution in [3.63, 3.8) is 0 Å². The van der Waals surface area contributed by atoms with Gasteiger partial charge in [0, 0.05) is 62.0 Å². The number of nitro groups is 1. The first kappa shape index (κ1) is 46.6. The highest BCUT2D eigenvalue weighted by Crippen LogP contribution is 2.54. The van der Waals surface area contributed by atoms with Crippen molar-refractivity contribution in [1.82, 2.24) is 19.6 Å². The SMILES string of the molecule is Cc1ccccc1[C@H]1COCCN1C1CC2(CCN(c3ccc(C(=O)NS(=O)(=O)c4ccc(NC[C@H]5CC[C@](C)(O)CC5)c([N+](=O)[O-])c4)c(N4c5cc6cc[nH]c6nc5O[C@@H]5CCOC[C@H]54)c3)CC2)C1. The number of rotatable bonds is 11. The van der Waals surface area contributed by atoms with Crippen LogP contribution in [-0.4, -0.2) is 116 Å². The average molecular weight is 975 g/mol. The summed E-state index contributed by atoms with van der Waals surface area (Å²) in [6, 6.07) is 22.1. The normalized spacial score (nSPS) is 25.9. The number of aromatic nitrogens is 2. The van der Waals surface area contributed by atoms with E-state index in [0.717, 1.165) is 81.9 Å². The van der Waals surface area contributed by atoms with E-state index in [9.17, 15) is 28.4 Å². The number of H-pyrrole nitrogens is 1. The van der Waals surface area contributed by atoms with Gasteiger partial charge in [0.25, 0.3) is 21.6 Å². The van der Waals surface area contributed by atoms with Crippen molar-refractivity contribution < 1.29 is 37.5 Å². The molecular weight excluding hydrogens is 913 g/mol. The van der Waals surface area contributed by atoms with E-state index in [1.165, 1.54) is 23.3 Å². The molecule has 17 nitrogen and oxygen atoms in total. The van der Waals surface area contributed by atoms with E-state index in [2.05, 4.69) is 56.0 Å². The molecule has 370 valence electrons. The summed E-state index contributed by atoms with van der Waals surface area (Å²) in [4.78, 5) is 41.1. The van der Waals surface area contributed by atoms with E-state index in [4.69, 9.17) is 19.2 Å². The average Bonchev–Trinajstić information content (AvgIpc) is 3.81. The fraction of sp³-hybridized carbons (Fsp3) is 0.500. The molecule has 5 aromatic rings. The second kappa shape index (κ2) is 18.4. The Labute approximate surface area is 408 Å². The number of pyridine rings is 1. The number of morpholine rings is 1. The van der Waals surface area contributed by atoms with Crippen molar-refractivity contribution in [2.45, 2.75) is 106 Å². The second-order valence-electron chi connectivity index (χ2n) is 20.8. The van der Waals surface area contributed by atoms with E-state index in [0.29, 0.717) is 74.6 Å². The van der Waals surface area contributed by atoms with E-state index in [1.807, 2.05) is 36.1 Å². The van der Waals surface area contributed by atoms with Gasteiger partial charge in [-0.1, -0.05) is 24.3 Å². The molecule has 0 radical (unpaired) electrons. The number of nitrogens with zero attached hydrogens (tertiary/aromatic N) is 5. The van der Waals surface area contributed by atoms with Crippen LogP contribution < -0.4 is 24.6 Å². The summed E-state index contributed by atoms with van der Waals surface area (Å²) in [6.45, 7) is 9.24. The maximum Gasteiger partial charge on any atom is 0.293 e. The van der Waals surface area contributed by atoms with Crippen LogP contribution in [0.5, 0.6) is 5.88 Å². The predicted molar refractivity (Wildman–Crippen MR) is 265 cm³/mol. The smallest absolute Gasteiger partial charge is 0.293 e. The molecule has 0 unspecified atom stereocenters. The Morgan fingerprint density at radius 1 is 0.943 bits per heavy atom. The Hall–Kier alpha value is -5.79. The van der Waals surface area contributed by atoms with Crippen LogP contribution in [0.25, 0.3) is 11.0 Å². The molecule has 6 heterocycles. The Balaban J connectivity index is 0.868. The number of amides is 1. The number of aliphatic hydroxyl groups is 1. The highest BCUT2D eigenvalue weighted by atomic mass is 32.2. The molecule has 1 spiro atoms. The van der Waals surface area contributed by atoms with Gasteiger partial charge in [-0.25, -0.2) is 13.1 Å². The van der Waals surface area contributed by atoms with Crippen molar-refractivity contribution in [3.05, 3.63) is 106 Å². The molecule has 2 aliphatic carbocycles. The molecule has 5 fully saturated rings. The Kier molecular flexibility index (Phi) is 12.3. The minimum absolute atomic E-state index is 0.0990. The zero-order chi connectivity index (χ0) is 48.4. The lowest BCUT2D eigenvalue weighted by Crippen LogP contribution is -2.58. The monoisotopic (exact) mass is 974 g/mol. The zero-order valence-corrected chi connectivity index (χ0v) is 40.6. The summed E-state index contributed by atoms with van der Waals surface area (Å²) in [6.07, 6.45) is 9.19. The second-order valence-corrected chi connectivity index (χ2v) is 22.5. The number of aromatic amines is 1. The van der Waals surface area contributed by atoms with Crippen LogP contribution in [-0.2, 0) is 19.5 Å². The van der Waals surface area contributed by atoms with Gasteiger partial charge in [0.05, 0.1) is 65.2 Å². The Morgan fingerprint density at radius 3 is 2.51 bits per heavy atom. The molecule has 1 amide bonds. The molecule has 6 aliphatic rings. The number of nitrogens with one attached hydrogen (secondary N) is 3. The summed E-state index contributed by atoms with van der Waals surface area (Å²) in [7, 11) is -4.62. The maximum atomic E-state index is 14.7. The lowest BCUT2D eigenvalue weighted by atomic mass is 9.59. The third kappa shape index (κ3) is 8.97. The number of hydrogen-bond donors (Lipinski definition) is 4. The number of carbonyl (C=O) groups excluding carboxylic acids is 1. The molecule has 2 saturated carbocycles. The van der Waals surface area contributed by atoms with Crippen molar-refractivity contribution in [3.8, 4) is 5.88 Å². The van der Waals surface area contributed by atoms with Crippen LogP contribution in [0.15, 0.2) is 83.9 Å². The third-order valence-corrected chi connectivity index (χ3v) is 17.6. The number of nitro benzene ring substituents is 1. The van der Waals surface area contributed by atoms with Crippen molar-refractivity contribution >= 4 is 55.4 Å². The van der Waals surface area contributed by atoms with Gasteiger partial charge >= 0.3 is 0 Å². The minimum atomic E-state index is -4.62. The summed E-state index contributed by atoms with van der Waals surface area (Å²) < 4.78 is 49.2. The number of aryl methyl sites for hydroxylation is 1. The van der Waals surface area contributed by atoms with Crippen LogP contribution in [0.3, 0.4) is 0 Å². The van der Waals surface area contributed by atoms with Crippen LogP contribution >= 0.6 is 0 Å². The largest absolute Gasteiger partial charge is 0.470 e. The number of anilines is 4. The molecule has 18 heteroatoms. The number of ether oxygens (including phenoxy) is 3. The first-order valence-electron chi connectivity index (χ1n) is 24.8. The predicted octanol–water partition coefficient (Wildman–Crippen LogP) is 7.76. The first-order valence-corrected chi connectivity index (χ1v) is 26.3. The van der Waals surface area contributed by atoms with Gasteiger partial charge in [-0.3, -0.25) is 19.8 Å². The molecule has 4 N–H and O–H groups in total. The van der Waals surface area contributed by atoms with E-state index < -0.39 is 37.0 Å². The summed E-state index contributed by atoms with van der Waals surface area (Å²) >= 11 is 0. The number of carbonyl (C=O) groups is 1. The molecule has 2 aromatic heterocycles. The molecule has 11 rings (SSSR count). The van der Waals surface area contributed by atoms with Gasteiger partial charge in [0.1, 0.15) is 23.1 Å². The third-order valence-electron chi connectivity index (χ3n) is 16.3. The molecule has 0 bridgehead atoms. The van der Waals surface area contributed by atoms with Crippen LogP contribution in [0, 0.1) is 28.4 Å². The summed E-state index contributed by atoms with van der Waals surface area (Å²) in [5, 5.41) is 26.7. The van der Waals surface area contributed by atoms with Crippen molar-refractivity contribution in [1.29, 1.82) is 0 Å². The molecule has 4 aliphatic heterocycles. The van der Waals surface area contributed by atoms with E-state index in [1.54, 1.807) is 12.3 Å². The molecular formula is C52H62N8O9S. The van der Waals surface area contributed by atoms with Gasteiger partial charge in [-0.2, -0.15) is 4.98 Å².